The Balaban J connectivity index is 1.54. The van der Waals surface area contributed by atoms with Gasteiger partial charge in [0.1, 0.15) is 0 Å². The molecule has 1 N–H and O–H groups in total. The van der Waals surface area contributed by atoms with Gasteiger partial charge >= 0.3 is 0 Å². The van der Waals surface area contributed by atoms with Crippen LogP contribution in [-0.2, 0) is 11.3 Å². The minimum Gasteiger partial charge on any atom is -0.364 e. The van der Waals surface area contributed by atoms with Gasteiger partial charge in [0.25, 0.3) is 5.91 Å². The van der Waals surface area contributed by atoms with E-state index in [4.69, 9.17) is 0 Å². The van der Waals surface area contributed by atoms with Crippen molar-refractivity contribution in [3.05, 3.63) is 83.7 Å². The number of benzene rings is 2. The van der Waals surface area contributed by atoms with Crippen LogP contribution in [0.25, 0.3) is 0 Å². The minimum atomic E-state index is -0.138. The Bertz CT molecular complexity index is 1090. The molecule has 2 amide bonds. The molecule has 2 aliphatic heterocycles. The van der Waals surface area contributed by atoms with E-state index < -0.39 is 0 Å². The zero-order valence-electron chi connectivity index (χ0n) is 16.2. The molecule has 1 aromatic heterocycles. The Kier molecular flexibility index (Phi) is 4.12. The molecule has 146 valence electrons. The number of hydrogen-bond donors (Lipinski definition) is 1. The molecule has 0 radical (unpaired) electrons. The molecule has 3 aromatic rings. The van der Waals surface area contributed by atoms with Crippen LogP contribution in [0.15, 0.2) is 66.9 Å². The first kappa shape index (κ1) is 17.6. The number of rotatable bonds is 2. The maximum atomic E-state index is 13.6. The van der Waals surface area contributed by atoms with Crippen molar-refractivity contribution in [2.75, 3.05) is 30.4 Å². The average Bonchev–Trinajstić information content (AvgIpc) is 3.21. The molecule has 2 aromatic carbocycles. The number of anilines is 2. The molecule has 3 heterocycles. The molecule has 6 heteroatoms. The number of likely N-dealkylation sites (N-methyl/N-ethyl adjacent to an activating group) is 1. The zero-order valence-corrected chi connectivity index (χ0v) is 16.2. The fourth-order valence-electron chi connectivity index (χ4n) is 4.35. The molecule has 5 rings (SSSR count). The molecule has 0 saturated heterocycles. The summed E-state index contributed by atoms with van der Waals surface area (Å²) in [5, 5.41) is 2.89. The predicted molar refractivity (Wildman–Crippen MR) is 112 cm³/mol. The van der Waals surface area contributed by atoms with Gasteiger partial charge in [-0.25, -0.2) is 0 Å². The van der Waals surface area contributed by atoms with Crippen LogP contribution in [0, 0.1) is 0 Å². The van der Waals surface area contributed by atoms with E-state index in [1.54, 1.807) is 6.07 Å². The third-order valence-electron chi connectivity index (χ3n) is 5.72. The minimum absolute atomic E-state index is 0.0309. The summed E-state index contributed by atoms with van der Waals surface area (Å²) in [5.41, 5.74) is 4.40. The Hall–Kier alpha value is -3.54. The molecule has 2 aliphatic rings. The van der Waals surface area contributed by atoms with Crippen LogP contribution in [0.4, 0.5) is 11.4 Å². The molecule has 6 nitrogen and oxygen atoms in total. The molecule has 0 saturated carbocycles. The molecule has 29 heavy (non-hydrogen) atoms. The number of nitrogens with zero attached hydrogens (tertiary/aromatic N) is 3. The standard InChI is InChI=1S/C23H22N4O2/c1-25-15-21(28)24-18-14-17(9-10-19(18)25)23(29)27-13-12-26-11-5-8-20(26)22(27)16-6-3-2-4-7-16/h2-11,14,22H,12-13,15H2,1H3,(H,24,28). The summed E-state index contributed by atoms with van der Waals surface area (Å²) in [6.45, 7) is 1.71. The number of carbonyl (C=O) groups is 2. The monoisotopic (exact) mass is 386 g/mol. The van der Waals surface area contributed by atoms with E-state index in [1.807, 2.05) is 53.2 Å². The summed E-state index contributed by atoms with van der Waals surface area (Å²) in [5.74, 6) is -0.0980. The van der Waals surface area contributed by atoms with Crippen LogP contribution in [0.2, 0.25) is 0 Å². The van der Waals surface area contributed by atoms with E-state index in [-0.39, 0.29) is 17.9 Å². The van der Waals surface area contributed by atoms with Crippen molar-refractivity contribution in [3.8, 4) is 0 Å². The zero-order chi connectivity index (χ0) is 20.0. The molecule has 1 unspecified atom stereocenters. The Morgan fingerprint density at radius 1 is 1.03 bits per heavy atom. The van der Waals surface area contributed by atoms with Gasteiger partial charge in [-0.05, 0) is 35.9 Å². The lowest BCUT2D eigenvalue weighted by molar-refractivity contribution is -0.115. The van der Waals surface area contributed by atoms with Crippen LogP contribution in [0.3, 0.4) is 0 Å². The van der Waals surface area contributed by atoms with Gasteiger partial charge in [-0.3, -0.25) is 9.59 Å². The highest BCUT2D eigenvalue weighted by Crippen LogP contribution is 2.35. The van der Waals surface area contributed by atoms with Crippen molar-refractivity contribution >= 4 is 23.2 Å². The Labute approximate surface area is 169 Å². The van der Waals surface area contributed by atoms with E-state index >= 15 is 0 Å². The second kappa shape index (κ2) is 6.81. The van der Waals surface area contributed by atoms with E-state index in [0.717, 1.165) is 23.5 Å². The summed E-state index contributed by atoms with van der Waals surface area (Å²) in [7, 11) is 1.88. The molecule has 0 fully saturated rings. The third-order valence-corrected chi connectivity index (χ3v) is 5.72. The van der Waals surface area contributed by atoms with E-state index in [9.17, 15) is 9.59 Å². The van der Waals surface area contributed by atoms with Crippen molar-refractivity contribution in [2.24, 2.45) is 0 Å². The van der Waals surface area contributed by atoms with E-state index in [2.05, 4.69) is 34.3 Å². The number of hydrogen-bond acceptors (Lipinski definition) is 3. The van der Waals surface area contributed by atoms with Crippen molar-refractivity contribution in [1.29, 1.82) is 0 Å². The number of nitrogens with one attached hydrogen (secondary N) is 1. The van der Waals surface area contributed by atoms with Gasteiger partial charge in [0, 0.05) is 37.6 Å². The lowest BCUT2D eigenvalue weighted by Crippen LogP contribution is -2.42. The molecular weight excluding hydrogens is 364 g/mol. The topological polar surface area (TPSA) is 57.6 Å². The van der Waals surface area contributed by atoms with Gasteiger partial charge in [-0.2, -0.15) is 0 Å². The number of fused-ring (bicyclic) bond motifs is 2. The van der Waals surface area contributed by atoms with E-state index in [0.29, 0.717) is 24.3 Å². The molecule has 0 aliphatic carbocycles. The highest BCUT2D eigenvalue weighted by Gasteiger charge is 2.33. The summed E-state index contributed by atoms with van der Waals surface area (Å²) < 4.78 is 2.21. The summed E-state index contributed by atoms with van der Waals surface area (Å²) in [6.07, 6.45) is 2.07. The van der Waals surface area contributed by atoms with Gasteiger partial charge in [0.05, 0.1) is 24.0 Å². The molecular formula is C23H22N4O2. The first-order chi connectivity index (χ1) is 14.1. The maximum Gasteiger partial charge on any atom is 0.254 e. The first-order valence-electron chi connectivity index (χ1n) is 9.78. The number of aromatic nitrogens is 1. The SMILES string of the molecule is CN1CC(=O)Nc2cc(C(=O)N3CCn4cccc4C3c3ccccc3)ccc21. The first-order valence-corrected chi connectivity index (χ1v) is 9.78. The highest BCUT2D eigenvalue weighted by atomic mass is 16.2. The van der Waals surface area contributed by atoms with Gasteiger partial charge in [-0.15, -0.1) is 0 Å². The fourth-order valence-corrected chi connectivity index (χ4v) is 4.35. The third kappa shape index (κ3) is 2.97. The van der Waals surface area contributed by atoms with Crippen LogP contribution in [0.1, 0.15) is 27.7 Å². The maximum absolute atomic E-state index is 13.6. The Morgan fingerprint density at radius 2 is 1.86 bits per heavy atom. The normalized spacial score (nSPS) is 18.1. The Morgan fingerprint density at radius 3 is 2.69 bits per heavy atom. The second-order valence-electron chi connectivity index (χ2n) is 7.57. The fraction of sp³-hybridized carbons (Fsp3) is 0.217. The van der Waals surface area contributed by atoms with Crippen LogP contribution < -0.4 is 10.2 Å². The van der Waals surface area contributed by atoms with Crippen molar-refractivity contribution in [2.45, 2.75) is 12.6 Å². The van der Waals surface area contributed by atoms with Crippen LogP contribution in [-0.4, -0.2) is 41.4 Å². The quantitative estimate of drug-likeness (QED) is 0.736. The summed E-state index contributed by atoms with van der Waals surface area (Å²) in [4.78, 5) is 29.3. The van der Waals surface area contributed by atoms with Crippen LogP contribution >= 0.6 is 0 Å². The predicted octanol–water partition coefficient (Wildman–Crippen LogP) is 3.12. The van der Waals surface area contributed by atoms with Gasteiger partial charge in [0.2, 0.25) is 5.91 Å². The van der Waals surface area contributed by atoms with Crippen molar-refractivity contribution in [1.82, 2.24) is 9.47 Å². The average molecular weight is 386 g/mol. The lowest BCUT2D eigenvalue weighted by atomic mass is 9.98. The number of carbonyl (C=O) groups excluding carboxylic acids is 2. The lowest BCUT2D eigenvalue weighted by Gasteiger charge is -2.37. The molecule has 1 atom stereocenters. The molecule has 0 bridgehead atoms. The van der Waals surface area contributed by atoms with Crippen molar-refractivity contribution in [3.63, 3.8) is 0 Å². The van der Waals surface area contributed by atoms with Crippen LogP contribution in [0.5, 0.6) is 0 Å². The van der Waals surface area contributed by atoms with E-state index in [1.165, 1.54) is 0 Å². The highest BCUT2D eigenvalue weighted by molar-refractivity contribution is 6.04. The smallest absolute Gasteiger partial charge is 0.254 e. The largest absolute Gasteiger partial charge is 0.364 e. The number of amides is 2. The summed E-state index contributed by atoms with van der Waals surface area (Å²) in [6, 6.07) is 19.7. The van der Waals surface area contributed by atoms with Gasteiger partial charge in [-0.1, -0.05) is 30.3 Å². The van der Waals surface area contributed by atoms with Gasteiger partial charge < -0.3 is 19.7 Å². The van der Waals surface area contributed by atoms with Crippen molar-refractivity contribution < 1.29 is 9.59 Å². The van der Waals surface area contributed by atoms with Gasteiger partial charge in [0.15, 0.2) is 0 Å². The summed E-state index contributed by atoms with van der Waals surface area (Å²) >= 11 is 0. The second-order valence-corrected chi connectivity index (χ2v) is 7.57. The molecule has 0 spiro atoms.